The van der Waals surface area contributed by atoms with Crippen molar-refractivity contribution in [2.45, 2.75) is 6.61 Å². The summed E-state index contributed by atoms with van der Waals surface area (Å²) in [5.41, 5.74) is 1.23. The van der Waals surface area contributed by atoms with Gasteiger partial charge in [-0.1, -0.05) is 12.1 Å². The largest absolute Gasteiger partial charge is 0.495 e. The molecule has 1 rings (SSSR count). The summed E-state index contributed by atoms with van der Waals surface area (Å²) in [6, 6.07) is 5.27. The predicted octanol–water partition coefficient (Wildman–Crippen LogP) is 1.63. The molecule has 0 saturated heterocycles. The van der Waals surface area contributed by atoms with Gasteiger partial charge < -0.3 is 14.2 Å². The van der Waals surface area contributed by atoms with Gasteiger partial charge in [0.15, 0.2) is 0 Å². The standard InChI is InChI=1S/C11H14O4/c1-13-7-8-5-4-6-9(10(8)14-2)11(12)15-3/h4-6H,7H2,1-3H3. The SMILES string of the molecule is COCc1cccc(C(=O)OC)c1OC. The minimum Gasteiger partial charge on any atom is -0.495 e. The molecule has 0 aliphatic heterocycles. The minimum absolute atomic E-state index is 0.397. The van der Waals surface area contributed by atoms with Crippen molar-refractivity contribution in [3.63, 3.8) is 0 Å². The fraction of sp³-hybridized carbons (Fsp3) is 0.364. The Hall–Kier alpha value is -1.55. The Bertz CT molecular complexity index is 346. The van der Waals surface area contributed by atoms with Crippen molar-refractivity contribution >= 4 is 5.97 Å². The molecule has 0 unspecified atom stereocenters. The molecule has 4 heteroatoms. The van der Waals surface area contributed by atoms with Crippen molar-refractivity contribution in [1.29, 1.82) is 0 Å². The Morgan fingerprint density at radius 3 is 2.53 bits per heavy atom. The van der Waals surface area contributed by atoms with E-state index >= 15 is 0 Å². The molecule has 0 fully saturated rings. The molecule has 0 N–H and O–H groups in total. The fourth-order valence-corrected chi connectivity index (χ4v) is 1.37. The van der Waals surface area contributed by atoms with Gasteiger partial charge in [-0.05, 0) is 6.07 Å². The number of hydrogen-bond acceptors (Lipinski definition) is 4. The number of rotatable bonds is 4. The molecule has 1 aromatic rings. The topological polar surface area (TPSA) is 44.8 Å². The summed E-state index contributed by atoms with van der Waals surface area (Å²) in [6.07, 6.45) is 0. The maximum atomic E-state index is 11.4. The molecule has 0 spiro atoms. The van der Waals surface area contributed by atoms with Crippen LogP contribution in [0.1, 0.15) is 15.9 Å². The number of hydrogen-bond donors (Lipinski definition) is 0. The van der Waals surface area contributed by atoms with E-state index in [1.807, 2.05) is 6.07 Å². The number of methoxy groups -OCH3 is 3. The van der Waals surface area contributed by atoms with E-state index in [1.54, 1.807) is 19.2 Å². The van der Waals surface area contributed by atoms with Crippen LogP contribution in [0.2, 0.25) is 0 Å². The predicted molar refractivity (Wildman–Crippen MR) is 55.0 cm³/mol. The molecule has 82 valence electrons. The average molecular weight is 210 g/mol. The summed E-state index contributed by atoms with van der Waals surface area (Å²) in [5.74, 6) is 0.0935. The average Bonchev–Trinajstić information content (AvgIpc) is 2.28. The van der Waals surface area contributed by atoms with Crippen LogP contribution in [-0.4, -0.2) is 27.3 Å². The van der Waals surface area contributed by atoms with Gasteiger partial charge in [0.2, 0.25) is 0 Å². The van der Waals surface area contributed by atoms with Gasteiger partial charge in [0.1, 0.15) is 11.3 Å². The third kappa shape index (κ3) is 2.47. The minimum atomic E-state index is -0.412. The molecule has 0 bridgehead atoms. The summed E-state index contributed by atoms with van der Waals surface area (Å²) in [6.45, 7) is 0.397. The maximum absolute atomic E-state index is 11.4. The Balaban J connectivity index is 3.15. The van der Waals surface area contributed by atoms with Gasteiger partial charge in [-0.15, -0.1) is 0 Å². The van der Waals surface area contributed by atoms with Crippen LogP contribution in [0.5, 0.6) is 5.75 Å². The molecular weight excluding hydrogens is 196 g/mol. The summed E-state index contributed by atoms with van der Waals surface area (Å²) >= 11 is 0. The third-order valence-corrected chi connectivity index (χ3v) is 2.01. The zero-order valence-electron chi connectivity index (χ0n) is 9.07. The van der Waals surface area contributed by atoms with Crippen molar-refractivity contribution in [3.05, 3.63) is 29.3 Å². The molecule has 4 nitrogen and oxygen atoms in total. The molecule has 0 atom stereocenters. The molecule has 0 radical (unpaired) electrons. The number of benzene rings is 1. The highest BCUT2D eigenvalue weighted by molar-refractivity contribution is 5.92. The highest BCUT2D eigenvalue weighted by Crippen LogP contribution is 2.24. The van der Waals surface area contributed by atoms with E-state index in [1.165, 1.54) is 14.2 Å². The number of carbonyl (C=O) groups is 1. The Labute approximate surface area is 88.8 Å². The molecule has 0 amide bonds. The van der Waals surface area contributed by atoms with Crippen LogP contribution in [0, 0.1) is 0 Å². The van der Waals surface area contributed by atoms with Crippen molar-refractivity contribution in [1.82, 2.24) is 0 Å². The second-order valence-corrected chi connectivity index (χ2v) is 2.92. The van der Waals surface area contributed by atoms with Gasteiger partial charge in [-0.2, -0.15) is 0 Å². The van der Waals surface area contributed by atoms with Crippen molar-refractivity contribution in [3.8, 4) is 5.75 Å². The second-order valence-electron chi connectivity index (χ2n) is 2.92. The quantitative estimate of drug-likeness (QED) is 0.708. The Kier molecular flexibility index (Phi) is 4.12. The lowest BCUT2D eigenvalue weighted by Gasteiger charge is -2.11. The first-order valence-electron chi connectivity index (χ1n) is 4.47. The van der Waals surface area contributed by atoms with E-state index < -0.39 is 5.97 Å². The van der Waals surface area contributed by atoms with Gasteiger partial charge in [0, 0.05) is 12.7 Å². The first kappa shape index (κ1) is 11.5. The van der Waals surface area contributed by atoms with E-state index in [-0.39, 0.29) is 0 Å². The zero-order chi connectivity index (χ0) is 11.3. The highest BCUT2D eigenvalue weighted by Gasteiger charge is 2.15. The van der Waals surface area contributed by atoms with Gasteiger partial charge >= 0.3 is 5.97 Å². The van der Waals surface area contributed by atoms with E-state index in [2.05, 4.69) is 4.74 Å². The van der Waals surface area contributed by atoms with Crippen molar-refractivity contribution < 1.29 is 19.0 Å². The summed E-state index contributed by atoms with van der Waals surface area (Å²) in [4.78, 5) is 11.4. The lowest BCUT2D eigenvalue weighted by atomic mass is 10.1. The van der Waals surface area contributed by atoms with Crippen LogP contribution in [0.15, 0.2) is 18.2 Å². The van der Waals surface area contributed by atoms with Crippen LogP contribution in [0.3, 0.4) is 0 Å². The van der Waals surface area contributed by atoms with E-state index in [0.717, 1.165) is 5.56 Å². The zero-order valence-corrected chi connectivity index (χ0v) is 9.07. The summed E-state index contributed by atoms with van der Waals surface area (Å²) in [5, 5.41) is 0. The molecule has 0 aliphatic rings. The third-order valence-electron chi connectivity index (χ3n) is 2.01. The number of carbonyl (C=O) groups excluding carboxylic acids is 1. The smallest absolute Gasteiger partial charge is 0.341 e. The van der Waals surface area contributed by atoms with E-state index in [9.17, 15) is 4.79 Å². The first-order valence-corrected chi connectivity index (χ1v) is 4.47. The lowest BCUT2D eigenvalue weighted by Crippen LogP contribution is -2.06. The number of ether oxygens (including phenoxy) is 3. The summed E-state index contributed by atoms with van der Waals surface area (Å²) in [7, 11) is 4.44. The first-order chi connectivity index (χ1) is 7.24. The molecule has 0 aliphatic carbocycles. The van der Waals surface area contributed by atoms with Crippen LogP contribution >= 0.6 is 0 Å². The Morgan fingerprint density at radius 2 is 2.00 bits per heavy atom. The molecular formula is C11H14O4. The molecule has 0 saturated carbocycles. The van der Waals surface area contributed by atoms with Crippen LogP contribution in [0.4, 0.5) is 0 Å². The van der Waals surface area contributed by atoms with E-state index in [4.69, 9.17) is 9.47 Å². The second kappa shape index (κ2) is 5.36. The molecule has 0 heterocycles. The van der Waals surface area contributed by atoms with Gasteiger partial charge in [-0.25, -0.2) is 4.79 Å². The van der Waals surface area contributed by atoms with E-state index in [0.29, 0.717) is 17.9 Å². The van der Waals surface area contributed by atoms with Gasteiger partial charge in [0.25, 0.3) is 0 Å². The Morgan fingerprint density at radius 1 is 1.27 bits per heavy atom. The molecule has 0 aromatic heterocycles. The van der Waals surface area contributed by atoms with Gasteiger partial charge in [-0.3, -0.25) is 0 Å². The van der Waals surface area contributed by atoms with Crippen LogP contribution in [0.25, 0.3) is 0 Å². The number of para-hydroxylation sites is 1. The van der Waals surface area contributed by atoms with Crippen LogP contribution in [-0.2, 0) is 16.1 Å². The normalized spacial score (nSPS) is 9.80. The maximum Gasteiger partial charge on any atom is 0.341 e. The number of esters is 1. The highest BCUT2D eigenvalue weighted by atomic mass is 16.5. The fourth-order valence-electron chi connectivity index (χ4n) is 1.37. The lowest BCUT2D eigenvalue weighted by molar-refractivity contribution is 0.0596. The monoisotopic (exact) mass is 210 g/mol. The van der Waals surface area contributed by atoms with Crippen LogP contribution < -0.4 is 4.74 Å². The molecule has 15 heavy (non-hydrogen) atoms. The van der Waals surface area contributed by atoms with Gasteiger partial charge in [0.05, 0.1) is 20.8 Å². The summed E-state index contributed by atoms with van der Waals surface area (Å²) < 4.78 is 14.8. The molecule has 1 aromatic carbocycles. The van der Waals surface area contributed by atoms with Crippen molar-refractivity contribution in [2.24, 2.45) is 0 Å². The van der Waals surface area contributed by atoms with Crippen molar-refractivity contribution in [2.75, 3.05) is 21.3 Å².